The largest absolute Gasteiger partial charge is 0.333 e. The summed E-state index contributed by atoms with van der Waals surface area (Å²) in [7, 11) is 0. The topological polar surface area (TPSA) is 75.2 Å². The van der Waals surface area contributed by atoms with Gasteiger partial charge in [-0.1, -0.05) is 37.0 Å². The lowest BCUT2D eigenvalue weighted by Crippen LogP contribution is -2.30. The van der Waals surface area contributed by atoms with E-state index in [1.54, 1.807) is 0 Å². The molecule has 1 aromatic carbocycles. The Morgan fingerprint density at radius 1 is 1.10 bits per heavy atom. The van der Waals surface area contributed by atoms with Crippen LogP contribution in [0, 0.1) is 11.7 Å². The molecule has 1 atom stereocenters. The second-order valence-corrected chi connectivity index (χ2v) is 8.85. The van der Waals surface area contributed by atoms with Crippen LogP contribution in [0.2, 0.25) is 0 Å². The minimum absolute atomic E-state index is 0.0871. The Kier molecular flexibility index (Phi) is 6.18. The quantitative estimate of drug-likeness (QED) is 0.749. The molecule has 1 aliphatic heterocycles. The first-order valence-electron chi connectivity index (χ1n) is 10.3. The Labute approximate surface area is 173 Å². The molecule has 1 aliphatic carbocycles. The Balaban J connectivity index is 1.37. The Bertz CT molecular complexity index is 864. The zero-order valence-electron chi connectivity index (χ0n) is 16.3. The van der Waals surface area contributed by atoms with E-state index < -0.39 is 0 Å². The van der Waals surface area contributed by atoms with Crippen LogP contribution in [0.1, 0.15) is 72.2 Å². The van der Waals surface area contributed by atoms with Gasteiger partial charge in [-0.05, 0) is 49.4 Å². The third-order valence-electron chi connectivity index (χ3n) is 5.84. The fraction of sp³-hybridized carbons (Fsp3) is 0.524. The smallest absolute Gasteiger partial charge is 0.286 e. The molecule has 1 N–H and O–H groups in total. The van der Waals surface area contributed by atoms with Gasteiger partial charge in [0, 0.05) is 18.7 Å². The SMILES string of the molecule is O=C(Nc1ccc(F)cc1)c1nnc([C@H]2CCCN2C(=O)CCC2CCCC2)s1. The number of likely N-dealkylation sites (tertiary alicyclic amines) is 1. The molecule has 8 heteroatoms. The van der Waals surface area contributed by atoms with Crippen LogP contribution < -0.4 is 5.32 Å². The van der Waals surface area contributed by atoms with Gasteiger partial charge in [0.1, 0.15) is 10.8 Å². The van der Waals surface area contributed by atoms with Crippen molar-refractivity contribution in [1.29, 1.82) is 0 Å². The van der Waals surface area contributed by atoms with Gasteiger partial charge in [0.25, 0.3) is 5.91 Å². The van der Waals surface area contributed by atoms with Crippen molar-refractivity contribution in [2.45, 2.75) is 57.4 Å². The van der Waals surface area contributed by atoms with E-state index in [2.05, 4.69) is 15.5 Å². The number of carbonyl (C=O) groups is 2. The summed E-state index contributed by atoms with van der Waals surface area (Å²) in [6.45, 7) is 0.741. The number of amides is 2. The van der Waals surface area contributed by atoms with Gasteiger partial charge in [-0.25, -0.2) is 4.39 Å². The molecule has 0 radical (unpaired) electrons. The van der Waals surface area contributed by atoms with Crippen LogP contribution in [0.25, 0.3) is 0 Å². The molecule has 0 spiro atoms. The van der Waals surface area contributed by atoms with Gasteiger partial charge in [-0.15, -0.1) is 10.2 Å². The zero-order chi connectivity index (χ0) is 20.2. The Morgan fingerprint density at radius 3 is 2.62 bits per heavy atom. The minimum atomic E-state index is -0.377. The number of benzene rings is 1. The van der Waals surface area contributed by atoms with E-state index in [4.69, 9.17) is 0 Å². The second kappa shape index (κ2) is 8.98. The number of carbonyl (C=O) groups excluding carboxylic acids is 2. The number of nitrogens with one attached hydrogen (secondary N) is 1. The summed E-state index contributed by atoms with van der Waals surface area (Å²) in [4.78, 5) is 27.1. The number of halogens is 1. The highest BCUT2D eigenvalue weighted by molar-refractivity contribution is 7.13. The lowest BCUT2D eigenvalue weighted by Gasteiger charge is -2.23. The highest BCUT2D eigenvalue weighted by atomic mass is 32.1. The molecule has 2 aromatic rings. The fourth-order valence-electron chi connectivity index (χ4n) is 4.27. The maximum atomic E-state index is 13.0. The summed E-state index contributed by atoms with van der Waals surface area (Å²) < 4.78 is 13.0. The maximum absolute atomic E-state index is 13.0. The predicted molar refractivity (Wildman–Crippen MR) is 109 cm³/mol. The van der Waals surface area contributed by atoms with E-state index >= 15 is 0 Å². The monoisotopic (exact) mass is 416 g/mol. The standard InChI is InChI=1S/C21H25FN4O2S/c22-15-8-10-16(11-9-15)23-19(28)21-25-24-20(29-21)17-6-3-13-26(17)18(27)12-7-14-4-1-2-5-14/h8-11,14,17H,1-7,12-13H2,(H,23,28)/t17-/m1/s1. The number of rotatable bonds is 6. The number of nitrogens with zero attached hydrogens (tertiary/aromatic N) is 3. The molecule has 2 fully saturated rings. The van der Waals surface area contributed by atoms with Crippen molar-refractivity contribution in [3.05, 3.63) is 40.1 Å². The number of aromatic nitrogens is 2. The van der Waals surface area contributed by atoms with Gasteiger partial charge < -0.3 is 10.2 Å². The van der Waals surface area contributed by atoms with E-state index in [9.17, 15) is 14.0 Å². The van der Waals surface area contributed by atoms with Crippen molar-refractivity contribution in [2.24, 2.45) is 5.92 Å². The summed E-state index contributed by atoms with van der Waals surface area (Å²) >= 11 is 1.22. The van der Waals surface area contributed by atoms with E-state index in [0.29, 0.717) is 23.0 Å². The number of anilines is 1. The molecular weight excluding hydrogens is 391 g/mol. The van der Waals surface area contributed by atoms with Gasteiger partial charge in [-0.2, -0.15) is 0 Å². The molecule has 2 amide bonds. The summed E-state index contributed by atoms with van der Waals surface area (Å²) in [6, 6.07) is 5.48. The molecular formula is C21H25FN4O2S. The van der Waals surface area contributed by atoms with Crippen molar-refractivity contribution in [3.63, 3.8) is 0 Å². The Hall–Kier alpha value is -2.35. The average molecular weight is 417 g/mol. The summed E-state index contributed by atoms with van der Waals surface area (Å²) in [6.07, 6.45) is 8.44. The first kappa shape index (κ1) is 19.9. The number of hydrogen-bond acceptors (Lipinski definition) is 5. The van der Waals surface area contributed by atoms with Crippen molar-refractivity contribution in [3.8, 4) is 0 Å². The lowest BCUT2D eigenvalue weighted by atomic mass is 10.0. The summed E-state index contributed by atoms with van der Waals surface area (Å²) in [5.74, 6) is 0.146. The molecule has 6 nitrogen and oxygen atoms in total. The van der Waals surface area contributed by atoms with Crippen LogP contribution in [0.3, 0.4) is 0 Å². The molecule has 2 aliphatic rings. The molecule has 4 rings (SSSR count). The van der Waals surface area contributed by atoms with Crippen molar-refractivity contribution in [2.75, 3.05) is 11.9 Å². The van der Waals surface area contributed by atoms with Crippen LogP contribution in [-0.2, 0) is 4.79 Å². The van der Waals surface area contributed by atoms with E-state index in [1.807, 2.05) is 4.90 Å². The van der Waals surface area contributed by atoms with Crippen LogP contribution in [-0.4, -0.2) is 33.5 Å². The van der Waals surface area contributed by atoms with Gasteiger partial charge in [0.15, 0.2) is 0 Å². The van der Waals surface area contributed by atoms with Crippen molar-refractivity contribution < 1.29 is 14.0 Å². The van der Waals surface area contributed by atoms with Crippen LogP contribution in [0.5, 0.6) is 0 Å². The number of hydrogen-bond donors (Lipinski definition) is 1. The molecule has 1 aromatic heterocycles. The van der Waals surface area contributed by atoms with Crippen LogP contribution in [0.15, 0.2) is 24.3 Å². The van der Waals surface area contributed by atoms with Gasteiger partial charge in [-0.3, -0.25) is 9.59 Å². The van der Waals surface area contributed by atoms with E-state index in [-0.39, 0.29) is 28.7 Å². The van der Waals surface area contributed by atoms with Crippen molar-refractivity contribution in [1.82, 2.24) is 15.1 Å². The predicted octanol–water partition coefficient (Wildman–Crippen LogP) is 4.56. The molecule has 1 saturated carbocycles. The van der Waals surface area contributed by atoms with E-state index in [1.165, 1.54) is 61.3 Å². The Morgan fingerprint density at radius 2 is 1.86 bits per heavy atom. The zero-order valence-corrected chi connectivity index (χ0v) is 17.1. The van der Waals surface area contributed by atoms with Crippen molar-refractivity contribution >= 4 is 28.8 Å². The highest BCUT2D eigenvalue weighted by Crippen LogP contribution is 2.35. The molecule has 0 bridgehead atoms. The normalized spacial score (nSPS) is 19.6. The third-order valence-corrected chi connectivity index (χ3v) is 6.86. The highest BCUT2D eigenvalue weighted by Gasteiger charge is 2.33. The molecule has 154 valence electrons. The van der Waals surface area contributed by atoms with Gasteiger partial charge in [0.2, 0.25) is 10.9 Å². The second-order valence-electron chi connectivity index (χ2n) is 7.84. The first-order chi connectivity index (χ1) is 14.1. The van der Waals surface area contributed by atoms with E-state index in [0.717, 1.165) is 25.8 Å². The molecule has 29 heavy (non-hydrogen) atoms. The van der Waals surface area contributed by atoms with Crippen LogP contribution in [0.4, 0.5) is 10.1 Å². The molecule has 2 heterocycles. The van der Waals surface area contributed by atoms with Gasteiger partial charge in [0.05, 0.1) is 6.04 Å². The molecule has 1 saturated heterocycles. The summed E-state index contributed by atoms with van der Waals surface area (Å²) in [5, 5.41) is 11.9. The minimum Gasteiger partial charge on any atom is -0.333 e. The maximum Gasteiger partial charge on any atom is 0.286 e. The lowest BCUT2D eigenvalue weighted by molar-refractivity contribution is -0.132. The first-order valence-corrected chi connectivity index (χ1v) is 11.1. The third kappa shape index (κ3) is 4.80. The fourth-order valence-corrected chi connectivity index (χ4v) is 5.16. The average Bonchev–Trinajstić information content (AvgIpc) is 3.48. The molecule has 0 unspecified atom stereocenters. The summed E-state index contributed by atoms with van der Waals surface area (Å²) in [5.41, 5.74) is 0.498. The van der Waals surface area contributed by atoms with Crippen LogP contribution >= 0.6 is 11.3 Å². The van der Waals surface area contributed by atoms with Gasteiger partial charge >= 0.3 is 0 Å².